The topological polar surface area (TPSA) is 64.8 Å². The number of benzene rings is 2. The van der Waals surface area contributed by atoms with Gasteiger partial charge in [-0.25, -0.2) is 0 Å². The molecule has 0 aliphatic carbocycles. The van der Waals surface area contributed by atoms with Crippen LogP contribution >= 0.6 is 11.6 Å². The van der Waals surface area contributed by atoms with Gasteiger partial charge in [0.25, 0.3) is 0 Å². The standard InChI is InChI=1S/C28H33BClN5O2/c1-19-3-8-23(30)15-27(19)33-13-11-32(12-14-33)16-24(37)17-35-26-9-10-34(20(2)36)18-25(26)28(31-35)21-4-6-22(29)7-5-21/h3-8,15,24,37H,9-14,16-18H2,1-2H3/t24-/m1/s1. The van der Waals surface area contributed by atoms with Crippen LogP contribution in [-0.4, -0.2) is 83.8 Å². The molecule has 5 rings (SSSR count). The minimum atomic E-state index is -0.548. The second-order valence-electron chi connectivity index (χ2n) is 10.1. The van der Waals surface area contributed by atoms with Crippen LogP contribution in [0.25, 0.3) is 11.3 Å². The summed E-state index contributed by atoms with van der Waals surface area (Å²) in [5.74, 6) is 0.0637. The van der Waals surface area contributed by atoms with Gasteiger partial charge in [0.15, 0.2) is 0 Å². The quantitative estimate of drug-likeness (QED) is 0.509. The fourth-order valence-corrected chi connectivity index (χ4v) is 5.60. The number of anilines is 1. The summed E-state index contributed by atoms with van der Waals surface area (Å²) in [6.07, 6.45) is 0.176. The molecule has 2 aromatic carbocycles. The second-order valence-corrected chi connectivity index (χ2v) is 10.6. The summed E-state index contributed by atoms with van der Waals surface area (Å²) in [5.41, 5.74) is 7.10. The Balaban J connectivity index is 1.27. The van der Waals surface area contributed by atoms with Crippen LogP contribution in [0.4, 0.5) is 5.69 Å². The van der Waals surface area contributed by atoms with E-state index in [4.69, 9.17) is 24.5 Å². The van der Waals surface area contributed by atoms with Crippen molar-refractivity contribution in [1.29, 1.82) is 0 Å². The van der Waals surface area contributed by atoms with Crippen molar-refractivity contribution in [1.82, 2.24) is 19.6 Å². The number of carbonyl (C=O) groups is 1. The zero-order valence-electron chi connectivity index (χ0n) is 21.5. The van der Waals surface area contributed by atoms with E-state index >= 15 is 0 Å². The minimum absolute atomic E-state index is 0.0637. The number of aliphatic hydroxyl groups is 1. The third-order valence-corrected chi connectivity index (χ3v) is 7.74. The van der Waals surface area contributed by atoms with Crippen molar-refractivity contribution >= 4 is 36.5 Å². The van der Waals surface area contributed by atoms with Crippen molar-refractivity contribution in [2.45, 2.75) is 39.5 Å². The van der Waals surface area contributed by atoms with Crippen molar-refractivity contribution in [3.8, 4) is 11.3 Å². The Labute approximate surface area is 225 Å². The third-order valence-electron chi connectivity index (χ3n) is 7.50. The molecule has 0 spiro atoms. The third kappa shape index (κ3) is 5.71. The van der Waals surface area contributed by atoms with Crippen LogP contribution in [0.1, 0.15) is 23.7 Å². The zero-order valence-corrected chi connectivity index (χ0v) is 22.3. The number of piperazine rings is 1. The highest BCUT2D eigenvalue weighted by molar-refractivity contribution is 6.32. The van der Waals surface area contributed by atoms with Crippen molar-refractivity contribution in [3.05, 3.63) is 64.3 Å². The van der Waals surface area contributed by atoms with Crippen LogP contribution in [0.5, 0.6) is 0 Å². The summed E-state index contributed by atoms with van der Waals surface area (Å²) in [4.78, 5) is 18.6. The number of hydrogen-bond acceptors (Lipinski definition) is 5. The normalized spacial score (nSPS) is 17.1. The van der Waals surface area contributed by atoms with Crippen LogP contribution < -0.4 is 10.4 Å². The van der Waals surface area contributed by atoms with Gasteiger partial charge in [0.1, 0.15) is 7.85 Å². The number of aromatic nitrogens is 2. The van der Waals surface area contributed by atoms with Gasteiger partial charge in [-0.05, 0) is 24.6 Å². The van der Waals surface area contributed by atoms with Gasteiger partial charge in [-0.2, -0.15) is 5.10 Å². The highest BCUT2D eigenvalue weighted by atomic mass is 35.5. The molecular weight excluding hydrogens is 485 g/mol. The number of halogens is 1. The molecule has 3 aromatic rings. The summed E-state index contributed by atoms with van der Waals surface area (Å²) < 4.78 is 1.95. The Morgan fingerprint density at radius 1 is 1.08 bits per heavy atom. The Bertz CT molecular complexity index is 1270. The predicted octanol–water partition coefficient (Wildman–Crippen LogP) is 2.39. The Morgan fingerprint density at radius 2 is 1.81 bits per heavy atom. The van der Waals surface area contributed by atoms with Gasteiger partial charge in [-0.3, -0.25) is 14.4 Å². The maximum absolute atomic E-state index is 12.1. The number of aliphatic hydroxyl groups excluding tert-OH is 1. The van der Waals surface area contributed by atoms with E-state index in [1.165, 1.54) is 11.3 Å². The number of amides is 1. The van der Waals surface area contributed by atoms with Crippen LogP contribution in [0.15, 0.2) is 42.5 Å². The van der Waals surface area contributed by atoms with Gasteiger partial charge < -0.3 is 14.9 Å². The van der Waals surface area contributed by atoms with E-state index < -0.39 is 6.10 Å². The van der Waals surface area contributed by atoms with Gasteiger partial charge in [-0.15, -0.1) is 0 Å². The average molecular weight is 518 g/mol. The molecule has 2 aliphatic heterocycles. The number of rotatable bonds is 6. The molecule has 192 valence electrons. The van der Waals surface area contributed by atoms with Crippen LogP contribution in [0.2, 0.25) is 5.02 Å². The van der Waals surface area contributed by atoms with Crippen molar-refractivity contribution in [3.63, 3.8) is 0 Å². The Kier molecular flexibility index (Phi) is 7.61. The summed E-state index contributed by atoms with van der Waals surface area (Å²) in [5, 5.41) is 16.7. The smallest absolute Gasteiger partial charge is 0.219 e. The molecule has 1 fully saturated rings. The largest absolute Gasteiger partial charge is 0.390 e. The van der Waals surface area contributed by atoms with E-state index in [1.807, 2.05) is 46.0 Å². The first-order valence-corrected chi connectivity index (χ1v) is 13.3. The molecule has 0 saturated carbocycles. The summed E-state index contributed by atoms with van der Waals surface area (Å²) in [6.45, 7) is 9.48. The number of β-amino-alcohol motifs (C(OH)–C–C–N with tert-alkyl or cyclic N) is 1. The van der Waals surface area contributed by atoms with E-state index in [9.17, 15) is 9.90 Å². The van der Waals surface area contributed by atoms with E-state index in [-0.39, 0.29) is 5.91 Å². The fraction of sp³-hybridized carbons (Fsp3) is 0.429. The molecule has 3 heterocycles. The predicted molar refractivity (Wildman–Crippen MR) is 149 cm³/mol. The lowest BCUT2D eigenvalue weighted by atomic mass is 9.93. The molecule has 0 bridgehead atoms. The molecule has 1 saturated heterocycles. The fourth-order valence-electron chi connectivity index (χ4n) is 5.43. The molecule has 0 unspecified atom stereocenters. The first-order chi connectivity index (χ1) is 17.8. The number of hydrogen-bond donors (Lipinski definition) is 1. The molecule has 1 atom stereocenters. The van der Waals surface area contributed by atoms with Gasteiger partial charge in [0, 0.05) is 86.7 Å². The van der Waals surface area contributed by atoms with Crippen LogP contribution in [0, 0.1) is 6.92 Å². The summed E-state index contributed by atoms with van der Waals surface area (Å²) in [7, 11) is 5.89. The maximum Gasteiger partial charge on any atom is 0.219 e. The maximum atomic E-state index is 12.1. The molecule has 1 amide bonds. The summed E-state index contributed by atoms with van der Waals surface area (Å²) in [6, 6.07) is 13.7. The molecular formula is C28H33BClN5O2. The van der Waals surface area contributed by atoms with E-state index in [0.29, 0.717) is 31.6 Å². The lowest BCUT2D eigenvalue weighted by Crippen LogP contribution is -2.49. The Hall–Kier alpha value is -2.81. The lowest BCUT2D eigenvalue weighted by Gasteiger charge is -2.37. The van der Waals surface area contributed by atoms with Crippen molar-refractivity contribution < 1.29 is 9.90 Å². The highest BCUT2D eigenvalue weighted by Gasteiger charge is 2.28. The first kappa shape index (κ1) is 25.8. The van der Waals surface area contributed by atoms with Crippen LogP contribution in [0.3, 0.4) is 0 Å². The molecule has 1 N–H and O–H groups in total. The van der Waals surface area contributed by atoms with E-state index in [1.54, 1.807) is 6.92 Å². The van der Waals surface area contributed by atoms with Gasteiger partial charge in [0.2, 0.25) is 5.91 Å². The second kappa shape index (κ2) is 10.9. The van der Waals surface area contributed by atoms with Crippen LogP contribution in [-0.2, 0) is 24.3 Å². The van der Waals surface area contributed by atoms with E-state index in [0.717, 1.165) is 60.1 Å². The molecule has 1 aromatic heterocycles. The number of fused-ring (bicyclic) bond motifs is 1. The number of nitrogens with zero attached hydrogens (tertiary/aromatic N) is 5. The molecule has 2 aliphatic rings. The first-order valence-electron chi connectivity index (χ1n) is 12.9. The molecule has 2 radical (unpaired) electrons. The van der Waals surface area contributed by atoms with Gasteiger partial charge >= 0.3 is 0 Å². The zero-order chi connectivity index (χ0) is 26.1. The van der Waals surface area contributed by atoms with Gasteiger partial charge in [0.05, 0.1) is 18.3 Å². The lowest BCUT2D eigenvalue weighted by molar-refractivity contribution is -0.129. The van der Waals surface area contributed by atoms with Crippen molar-refractivity contribution in [2.24, 2.45) is 0 Å². The number of aryl methyl sites for hydroxylation is 1. The van der Waals surface area contributed by atoms with Crippen molar-refractivity contribution in [2.75, 3.05) is 44.2 Å². The summed E-state index contributed by atoms with van der Waals surface area (Å²) >= 11 is 6.23. The molecule has 7 nitrogen and oxygen atoms in total. The monoisotopic (exact) mass is 517 g/mol. The Morgan fingerprint density at radius 3 is 2.51 bits per heavy atom. The van der Waals surface area contributed by atoms with E-state index in [2.05, 4.69) is 22.8 Å². The average Bonchev–Trinajstić information content (AvgIpc) is 3.24. The SMILES string of the molecule is [B]c1ccc(-c2nn(C[C@H](O)CN3CCN(c4cc(Cl)ccc4C)CC3)c3c2CN(C(C)=O)CC3)cc1. The van der Waals surface area contributed by atoms with Gasteiger partial charge in [-0.1, -0.05) is 47.4 Å². The molecule has 37 heavy (non-hydrogen) atoms. The number of carbonyl (C=O) groups excluding carboxylic acids is 1. The highest BCUT2D eigenvalue weighted by Crippen LogP contribution is 2.30. The minimum Gasteiger partial charge on any atom is -0.390 e. The molecule has 9 heteroatoms.